The van der Waals surface area contributed by atoms with E-state index in [9.17, 15) is 27.6 Å². The van der Waals surface area contributed by atoms with E-state index in [0.29, 0.717) is 23.4 Å². The fraction of sp³-hybridized carbons (Fsp3) is 0.400. The van der Waals surface area contributed by atoms with Crippen LogP contribution < -0.4 is 16.6 Å². The van der Waals surface area contributed by atoms with Gasteiger partial charge in [0.15, 0.2) is 0 Å². The third kappa shape index (κ3) is 5.82. The van der Waals surface area contributed by atoms with Crippen molar-refractivity contribution in [3.63, 3.8) is 0 Å². The molecule has 1 saturated carbocycles. The quantitative estimate of drug-likeness (QED) is 0.503. The molecule has 7 nitrogen and oxygen atoms in total. The molecule has 3 fully saturated rings. The molecular weight excluding hydrogens is 463 g/mol. The second-order valence-corrected chi connectivity index (χ2v) is 9.17. The van der Waals surface area contributed by atoms with Gasteiger partial charge >= 0.3 is 5.69 Å². The molecule has 3 aromatic rings. The predicted molar refractivity (Wildman–Crippen MR) is 128 cm³/mol. The van der Waals surface area contributed by atoms with E-state index in [1.54, 1.807) is 6.92 Å². The molecule has 0 spiro atoms. The summed E-state index contributed by atoms with van der Waals surface area (Å²) in [6.45, 7) is 2.44. The molecule has 0 unspecified atom stereocenters. The molecule has 0 radical (unpaired) electrons. The summed E-state index contributed by atoms with van der Waals surface area (Å²) < 4.78 is 45.2. The van der Waals surface area contributed by atoms with E-state index < -0.39 is 34.7 Å². The second-order valence-electron chi connectivity index (χ2n) is 9.17. The lowest BCUT2D eigenvalue weighted by atomic mass is 9.74. The van der Waals surface area contributed by atoms with Crippen molar-refractivity contribution in [2.75, 3.05) is 6.61 Å². The Morgan fingerprint density at radius 3 is 2.46 bits per heavy atom. The molecule has 190 valence electrons. The van der Waals surface area contributed by atoms with E-state index in [-0.39, 0.29) is 19.7 Å². The van der Waals surface area contributed by atoms with Crippen LogP contribution in [0.5, 0.6) is 0 Å². The first-order valence-electron chi connectivity index (χ1n) is 11.4. The highest BCUT2D eigenvalue weighted by Gasteiger charge is 2.43. The highest BCUT2D eigenvalue weighted by molar-refractivity contribution is 5.78. The Morgan fingerprint density at radius 1 is 1.11 bits per heavy atom. The molecule has 2 aromatic carbocycles. The van der Waals surface area contributed by atoms with Crippen LogP contribution in [0, 0.1) is 23.4 Å². The zero-order valence-corrected chi connectivity index (χ0v) is 19.1. The van der Waals surface area contributed by atoms with Gasteiger partial charge in [-0.2, -0.15) is 0 Å². The Morgan fingerprint density at radius 2 is 1.80 bits per heavy atom. The minimum absolute atomic E-state index is 0. The summed E-state index contributed by atoms with van der Waals surface area (Å²) in [7, 11) is 0. The van der Waals surface area contributed by atoms with Crippen LogP contribution in [0.25, 0.3) is 10.9 Å². The van der Waals surface area contributed by atoms with Crippen LogP contribution >= 0.6 is 0 Å². The van der Waals surface area contributed by atoms with E-state index in [2.05, 4.69) is 10.3 Å². The summed E-state index contributed by atoms with van der Waals surface area (Å²) in [5.41, 5.74) is -0.891. The summed E-state index contributed by atoms with van der Waals surface area (Å²) in [6, 6.07) is 6.51. The third-order valence-electron chi connectivity index (χ3n) is 6.63. The monoisotopic (exact) mass is 493 g/mol. The lowest BCUT2D eigenvalue weighted by molar-refractivity contribution is -0.158. The zero-order valence-electron chi connectivity index (χ0n) is 19.1. The maximum atomic E-state index is 13.7. The largest absolute Gasteiger partial charge is 0.374 e. The maximum absolute atomic E-state index is 13.7. The molecule has 6 rings (SSSR count). The van der Waals surface area contributed by atoms with Crippen molar-refractivity contribution < 1.29 is 25.6 Å². The highest BCUT2D eigenvalue weighted by Crippen LogP contribution is 2.43. The van der Waals surface area contributed by atoms with Gasteiger partial charge in [0.25, 0.3) is 5.56 Å². The Balaban J connectivity index is 0.000000277. The van der Waals surface area contributed by atoms with Crippen LogP contribution in [0.1, 0.15) is 53.5 Å². The Bertz CT molecular complexity index is 1340. The van der Waals surface area contributed by atoms with Crippen molar-refractivity contribution in [2.45, 2.75) is 50.7 Å². The van der Waals surface area contributed by atoms with Gasteiger partial charge in [-0.25, -0.2) is 18.0 Å². The smallest absolute Gasteiger partial charge is 0.326 e. The fourth-order valence-corrected chi connectivity index (χ4v) is 4.69. The van der Waals surface area contributed by atoms with Crippen LogP contribution in [0.3, 0.4) is 0 Å². The highest BCUT2D eigenvalue weighted by atomic mass is 19.1. The van der Waals surface area contributed by atoms with Gasteiger partial charge in [0.1, 0.15) is 17.5 Å². The van der Waals surface area contributed by atoms with Gasteiger partial charge in [0.05, 0.1) is 35.6 Å². The van der Waals surface area contributed by atoms with Gasteiger partial charge in [0.2, 0.25) is 5.91 Å². The molecule has 1 amide bonds. The van der Waals surface area contributed by atoms with Gasteiger partial charge in [-0.05, 0) is 62.8 Å². The fourth-order valence-electron chi connectivity index (χ4n) is 4.69. The van der Waals surface area contributed by atoms with E-state index in [0.717, 1.165) is 44.4 Å². The van der Waals surface area contributed by atoms with Crippen LogP contribution in [-0.4, -0.2) is 28.1 Å². The molecule has 35 heavy (non-hydrogen) atoms. The van der Waals surface area contributed by atoms with Crippen molar-refractivity contribution in [3.05, 3.63) is 80.3 Å². The molecule has 1 aliphatic carbocycles. The molecular formula is C25H30F3N3O4. The van der Waals surface area contributed by atoms with Crippen LogP contribution in [-0.2, 0) is 9.53 Å². The molecule has 3 N–H and O–H groups in total. The number of aromatic amines is 2. The lowest BCUT2D eigenvalue weighted by Gasteiger charge is -2.46. The number of H-pyrrole nitrogens is 2. The van der Waals surface area contributed by atoms with Crippen LogP contribution in [0.15, 0.2) is 46.0 Å². The molecule has 2 aliphatic heterocycles. The van der Waals surface area contributed by atoms with E-state index in [4.69, 9.17) is 4.74 Å². The lowest BCUT2D eigenvalue weighted by Crippen LogP contribution is -2.48. The maximum Gasteiger partial charge on any atom is 0.326 e. The van der Waals surface area contributed by atoms with Gasteiger partial charge in [0, 0.05) is 14.5 Å². The van der Waals surface area contributed by atoms with E-state index in [1.165, 1.54) is 24.3 Å². The average Bonchev–Trinajstić information content (AvgIpc) is 2.80. The Kier molecular flexibility index (Phi) is 7.11. The second kappa shape index (κ2) is 10.1. The average molecular weight is 494 g/mol. The molecule has 10 heteroatoms. The summed E-state index contributed by atoms with van der Waals surface area (Å²) in [6.07, 6.45) is 4.40. The summed E-state index contributed by atoms with van der Waals surface area (Å²) >= 11 is 0. The summed E-state index contributed by atoms with van der Waals surface area (Å²) in [4.78, 5) is 38.5. The number of ether oxygens (including phenoxy) is 1. The molecule has 3 heterocycles. The number of rotatable bonds is 4. The molecule has 2 saturated heterocycles. The number of amides is 1. The number of carbonyl (C=O) groups is 1. The van der Waals surface area contributed by atoms with Crippen molar-refractivity contribution in [2.24, 2.45) is 5.92 Å². The van der Waals surface area contributed by atoms with Crippen molar-refractivity contribution in [3.8, 4) is 0 Å². The number of aromatic nitrogens is 2. The Labute approximate surface area is 201 Å². The predicted octanol–water partition coefficient (Wildman–Crippen LogP) is 4.34. The first-order valence-corrected chi connectivity index (χ1v) is 11.4. The number of fused-ring (bicyclic) bond motifs is 4. The van der Waals surface area contributed by atoms with E-state index >= 15 is 0 Å². The topological polar surface area (TPSA) is 104 Å². The number of nitrogens with one attached hydrogen (secondary N) is 3. The number of carbonyl (C=O) groups excluding carboxylic acids is 1. The number of halogens is 3. The summed E-state index contributed by atoms with van der Waals surface area (Å²) in [5, 5.41) is 2.94. The number of benzene rings is 2. The summed E-state index contributed by atoms with van der Waals surface area (Å²) in [5.74, 6) is -1.26. The van der Waals surface area contributed by atoms with Crippen LogP contribution in [0.4, 0.5) is 13.2 Å². The van der Waals surface area contributed by atoms with Crippen molar-refractivity contribution in [1.82, 2.24) is 15.3 Å². The van der Waals surface area contributed by atoms with E-state index in [1.807, 2.05) is 4.98 Å². The van der Waals surface area contributed by atoms with Gasteiger partial charge < -0.3 is 15.0 Å². The van der Waals surface area contributed by atoms with Gasteiger partial charge in [-0.3, -0.25) is 14.6 Å². The number of hydrogen-bond donors (Lipinski definition) is 3. The minimum Gasteiger partial charge on any atom is -0.374 e. The van der Waals surface area contributed by atoms with Crippen molar-refractivity contribution >= 4 is 16.8 Å². The minimum atomic E-state index is -0.639. The molecule has 1 atom stereocenters. The third-order valence-corrected chi connectivity index (χ3v) is 6.63. The number of hydrogen-bond acceptors (Lipinski definition) is 4. The SMILES string of the molecule is C[C@H](NC(=O)CC12CCC(CC1)CO2)c1ccc(F)cc1F.O=c1[nH]c(=O)c2cc(F)ccc2[nH]1.[HH].[HH]. The normalized spacial score (nSPS) is 21.8. The zero-order chi connectivity index (χ0) is 25.2. The Hall–Kier alpha value is -3.40. The first-order chi connectivity index (χ1) is 16.6. The molecule has 1 aromatic heterocycles. The van der Waals surface area contributed by atoms with Crippen LogP contribution in [0.2, 0.25) is 0 Å². The first kappa shape index (κ1) is 24.7. The molecule has 2 bridgehead atoms. The molecule has 3 aliphatic rings. The van der Waals surface area contributed by atoms with Crippen molar-refractivity contribution in [1.29, 1.82) is 0 Å². The van der Waals surface area contributed by atoms with Gasteiger partial charge in [-0.1, -0.05) is 6.07 Å². The van der Waals surface area contributed by atoms with Gasteiger partial charge in [-0.15, -0.1) is 0 Å². The standard InChI is InChI=1S/C17H21F2NO2.C8H5FN2O2.2H2/c1-11(14-3-2-13(18)8-15(14)19)20-16(21)9-17-6-4-12(5-7-17)10-22-17;9-4-1-2-6-5(3-4)7(12)11-8(13)10-6;;/h2-3,8,11-12H,4-7,9-10H2,1H3,(H,20,21);1-3H,(H2,10,11,12,13);2*1H/t11-,12?,17?;;;/m0.../s1.